The molecule has 25 heavy (non-hydrogen) atoms. The molecule has 1 aliphatic rings. The second-order valence-electron chi connectivity index (χ2n) is 5.64. The molecule has 0 N–H and O–H groups in total. The van der Waals surface area contributed by atoms with Crippen molar-refractivity contribution in [2.24, 2.45) is 0 Å². The lowest BCUT2D eigenvalue weighted by atomic mass is 10.1. The van der Waals surface area contributed by atoms with E-state index in [1.807, 2.05) is 0 Å². The molecule has 0 saturated carbocycles. The fraction of sp³-hybridized carbons (Fsp3) is 0.278. The average Bonchev–Trinajstić information content (AvgIpc) is 2.61. The van der Waals surface area contributed by atoms with Crippen LogP contribution in [0, 0.1) is 11.6 Å². The van der Waals surface area contributed by atoms with Gasteiger partial charge >= 0.3 is 0 Å². The molecule has 132 valence electrons. The van der Waals surface area contributed by atoms with Gasteiger partial charge in [-0.1, -0.05) is 11.6 Å². The summed E-state index contributed by atoms with van der Waals surface area (Å²) in [6.07, 6.45) is -0.394. The summed E-state index contributed by atoms with van der Waals surface area (Å²) in [4.78, 5) is 14.2. The number of carbonyl (C=O) groups is 1. The second kappa shape index (κ2) is 7.80. The monoisotopic (exact) mass is 367 g/mol. The molecule has 1 saturated heterocycles. The fourth-order valence-corrected chi connectivity index (χ4v) is 2.68. The lowest BCUT2D eigenvalue weighted by molar-refractivity contribution is -0.0405. The summed E-state index contributed by atoms with van der Waals surface area (Å²) >= 11 is 5.83. The molecule has 7 heteroatoms. The molecule has 2 aromatic rings. The smallest absolute Gasteiger partial charge is 0.254 e. The molecule has 2 aromatic carbocycles. The number of rotatable bonds is 4. The van der Waals surface area contributed by atoms with E-state index in [4.69, 9.17) is 21.1 Å². The van der Waals surface area contributed by atoms with E-state index in [2.05, 4.69) is 0 Å². The largest absolute Gasteiger partial charge is 0.488 e. The van der Waals surface area contributed by atoms with E-state index in [9.17, 15) is 13.6 Å². The highest BCUT2D eigenvalue weighted by Gasteiger charge is 2.25. The van der Waals surface area contributed by atoms with E-state index >= 15 is 0 Å². The first kappa shape index (κ1) is 17.6. The Bertz CT molecular complexity index is 754. The number of benzene rings is 2. The highest BCUT2D eigenvalue weighted by atomic mass is 35.5. The van der Waals surface area contributed by atoms with Gasteiger partial charge in [0.05, 0.1) is 13.2 Å². The van der Waals surface area contributed by atoms with Gasteiger partial charge in [-0.3, -0.25) is 4.79 Å². The zero-order chi connectivity index (χ0) is 17.8. The van der Waals surface area contributed by atoms with Gasteiger partial charge in [0.1, 0.15) is 18.5 Å². The molecule has 3 rings (SSSR count). The van der Waals surface area contributed by atoms with Crippen molar-refractivity contribution in [2.45, 2.75) is 6.10 Å². The molecule has 0 aromatic heterocycles. The molecule has 4 nitrogen and oxygen atoms in total. The zero-order valence-electron chi connectivity index (χ0n) is 13.3. The first-order chi connectivity index (χ1) is 12.0. The standard InChI is InChI=1S/C18H16ClF2NO3/c19-13-3-1-12(2-4-13)18(23)22-7-8-24-15(10-22)11-25-17-6-5-14(20)9-16(17)21/h1-6,9,15H,7-8,10-11H2/t15-/m0/s1. The Morgan fingerprint density at radius 3 is 2.72 bits per heavy atom. The van der Waals surface area contributed by atoms with Crippen LogP contribution < -0.4 is 4.74 Å². The lowest BCUT2D eigenvalue weighted by Crippen LogP contribution is -2.47. The highest BCUT2D eigenvalue weighted by molar-refractivity contribution is 6.30. The van der Waals surface area contributed by atoms with Crippen molar-refractivity contribution in [1.29, 1.82) is 0 Å². The first-order valence-electron chi connectivity index (χ1n) is 7.77. The lowest BCUT2D eigenvalue weighted by Gasteiger charge is -2.33. The fourth-order valence-electron chi connectivity index (χ4n) is 2.55. The molecule has 1 fully saturated rings. The normalized spacial score (nSPS) is 17.4. The number of amides is 1. The third-order valence-electron chi connectivity index (χ3n) is 3.84. The number of halogens is 3. The van der Waals surface area contributed by atoms with Gasteiger partial charge in [0.25, 0.3) is 5.91 Å². The van der Waals surface area contributed by atoms with Gasteiger partial charge < -0.3 is 14.4 Å². The van der Waals surface area contributed by atoms with E-state index < -0.39 is 17.7 Å². The summed E-state index contributed by atoms with van der Waals surface area (Å²) < 4.78 is 37.4. The van der Waals surface area contributed by atoms with Gasteiger partial charge in [-0.15, -0.1) is 0 Å². The van der Waals surface area contributed by atoms with E-state index in [1.54, 1.807) is 29.2 Å². The summed E-state index contributed by atoms with van der Waals surface area (Å²) in [6.45, 7) is 1.21. The highest BCUT2D eigenvalue weighted by Crippen LogP contribution is 2.19. The van der Waals surface area contributed by atoms with Gasteiger partial charge in [-0.25, -0.2) is 8.78 Å². The van der Waals surface area contributed by atoms with Crippen molar-refractivity contribution in [1.82, 2.24) is 4.90 Å². The summed E-state index contributed by atoms with van der Waals surface area (Å²) in [5, 5.41) is 0.561. The van der Waals surface area contributed by atoms with Crippen molar-refractivity contribution in [3.05, 3.63) is 64.7 Å². The summed E-state index contributed by atoms with van der Waals surface area (Å²) in [6, 6.07) is 9.76. The van der Waals surface area contributed by atoms with Crippen molar-refractivity contribution in [3.63, 3.8) is 0 Å². The summed E-state index contributed by atoms with van der Waals surface area (Å²) in [5.41, 5.74) is 0.538. The minimum Gasteiger partial charge on any atom is -0.488 e. The van der Waals surface area contributed by atoms with E-state index in [0.29, 0.717) is 30.3 Å². The molecule has 0 spiro atoms. The molecule has 0 radical (unpaired) electrons. The van der Waals surface area contributed by atoms with Gasteiger partial charge in [0.2, 0.25) is 0 Å². The second-order valence-corrected chi connectivity index (χ2v) is 6.07. The van der Waals surface area contributed by atoms with Gasteiger partial charge in [0.15, 0.2) is 11.6 Å². The molecule has 0 aliphatic carbocycles. The zero-order valence-corrected chi connectivity index (χ0v) is 14.0. The third-order valence-corrected chi connectivity index (χ3v) is 4.09. The van der Waals surface area contributed by atoms with Crippen molar-refractivity contribution in [3.8, 4) is 5.75 Å². The molecule has 0 bridgehead atoms. The Hall–Kier alpha value is -2.18. The van der Waals surface area contributed by atoms with Crippen molar-refractivity contribution >= 4 is 17.5 Å². The van der Waals surface area contributed by atoms with Crippen LogP contribution in [0.5, 0.6) is 5.75 Å². The molecule has 1 amide bonds. The predicted octanol–water partition coefficient (Wildman–Crippen LogP) is 3.54. The topological polar surface area (TPSA) is 38.8 Å². The Morgan fingerprint density at radius 1 is 1.24 bits per heavy atom. The predicted molar refractivity (Wildman–Crippen MR) is 88.9 cm³/mol. The maximum atomic E-state index is 13.6. The van der Waals surface area contributed by atoms with Crippen molar-refractivity contribution < 1.29 is 23.0 Å². The number of nitrogens with zero attached hydrogens (tertiary/aromatic N) is 1. The van der Waals surface area contributed by atoms with Crippen LogP contribution in [0.1, 0.15) is 10.4 Å². The SMILES string of the molecule is O=C(c1ccc(Cl)cc1)N1CCO[C@H](COc2ccc(F)cc2F)C1. The van der Waals surface area contributed by atoms with Gasteiger partial charge in [-0.2, -0.15) is 0 Å². The Kier molecular flexibility index (Phi) is 5.50. The summed E-state index contributed by atoms with van der Waals surface area (Å²) in [5.74, 6) is -1.62. The molecular formula is C18H16ClF2NO3. The van der Waals surface area contributed by atoms with E-state index in [-0.39, 0.29) is 18.3 Å². The number of ether oxygens (including phenoxy) is 2. The van der Waals surface area contributed by atoms with Crippen LogP contribution in [0.2, 0.25) is 5.02 Å². The van der Waals surface area contributed by atoms with Crippen LogP contribution in [0.15, 0.2) is 42.5 Å². The van der Waals surface area contributed by atoms with Crippen LogP contribution in [-0.2, 0) is 4.74 Å². The summed E-state index contributed by atoms with van der Waals surface area (Å²) in [7, 11) is 0. The minimum atomic E-state index is -0.773. The molecule has 1 aliphatic heterocycles. The Balaban J connectivity index is 1.59. The van der Waals surface area contributed by atoms with Crippen LogP contribution in [0.3, 0.4) is 0 Å². The average molecular weight is 368 g/mol. The van der Waals surface area contributed by atoms with Crippen LogP contribution >= 0.6 is 11.6 Å². The van der Waals surface area contributed by atoms with Crippen molar-refractivity contribution in [2.75, 3.05) is 26.3 Å². The first-order valence-corrected chi connectivity index (χ1v) is 8.15. The van der Waals surface area contributed by atoms with E-state index in [0.717, 1.165) is 12.1 Å². The molecule has 0 unspecified atom stereocenters. The van der Waals surface area contributed by atoms with E-state index in [1.165, 1.54) is 6.07 Å². The number of hydrogen-bond donors (Lipinski definition) is 0. The molecule has 1 heterocycles. The van der Waals surface area contributed by atoms with Crippen LogP contribution in [-0.4, -0.2) is 43.2 Å². The maximum Gasteiger partial charge on any atom is 0.254 e. The van der Waals surface area contributed by atoms with Crippen LogP contribution in [0.4, 0.5) is 8.78 Å². The number of hydrogen-bond acceptors (Lipinski definition) is 3. The number of morpholine rings is 1. The van der Waals surface area contributed by atoms with Gasteiger partial charge in [-0.05, 0) is 36.4 Å². The molecule has 1 atom stereocenters. The van der Waals surface area contributed by atoms with Crippen LogP contribution in [0.25, 0.3) is 0 Å². The molecular weight excluding hydrogens is 352 g/mol. The third kappa shape index (κ3) is 4.46. The Morgan fingerprint density at radius 2 is 2.00 bits per heavy atom. The quantitative estimate of drug-likeness (QED) is 0.829. The minimum absolute atomic E-state index is 0.0499. The number of carbonyl (C=O) groups excluding carboxylic acids is 1. The van der Waals surface area contributed by atoms with Gasteiger partial charge in [0, 0.05) is 23.2 Å². The Labute approximate surface area is 148 Å². The maximum absolute atomic E-state index is 13.6.